The summed E-state index contributed by atoms with van der Waals surface area (Å²) in [4.78, 5) is 28.8. The molecule has 1 heterocycles. The summed E-state index contributed by atoms with van der Waals surface area (Å²) in [6.07, 6.45) is 1.59. The lowest BCUT2D eigenvalue weighted by molar-refractivity contribution is -0.126. The van der Waals surface area contributed by atoms with Crippen LogP contribution >= 0.6 is 0 Å². The Labute approximate surface area is 180 Å². The molecule has 0 saturated carbocycles. The fourth-order valence-corrected chi connectivity index (χ4v) is 4.29. The van der Waals surface area contributed by atoms with E-state index in [0.29, 0.717) is 0 Å². The van der Waals surface area contributed by atoms with Gasteiger partial charge in [0.15, 0.2) is 5.78 Å². The number of Topliss-reactive ketones (excluding diaryl/α,β-unsaturated/α-hetero) is 1. The molecule has 2 aromatic rings. The Hall–Kier alpha value is -2.62. The van der Waals surface area contributed by atoms with Crippen molar-refractivity contribution in [2.75, 3.05) is 10.2 Å². The van der Waals surface area contributed by atoms with Crippen LogP contribution in [0.25, 0.3) is 0 Å². The molecule has 1 amide bonds. The van der Waals surface area contributed by atoms with Crippen LogP contribution in [-0.4, -0.2) is 17.7 Å². The largest absolute Gasteiger partial charge is 0.375 e. The van der Waals surface area contributed by atoms with Gasteiger partial charge in [0.1, 0.15) is 0 Å². The van der Waals surface area contributed by atoms with Gasteiger partial charge in [0.25, 0.3) is 0 Å². The maximum atomic E-state index is 13.6. The molecule has 5 unspecified atom stereocenters. The number of hydrogen-bond acceptors (Lipinski definition) is 3. The first-order chi connectivity index (χ1) is 14.4. The number of para-hydroxylation sites is 2. The zero-order valence-corrected chi connectivity index (χ0v) is 18.8. The molecule has 1 aliphatic heterocycles. The molecule has 2 aromatic carbocycles. The van der Waals surface area contributed by atoms with Crippen LogP contribution in [0, 0.1) is 17.8 Å². The third-order valence-electron chi connectivity index (χ3n) is 6.60. The van der Waals surface area contributed by atoms with Crippen LogP contribution in [-0.2, 0) is 9.59 Å². The topological polar surface area (TPSA) is 49.4 Å². The van der Waals surface area contributed by atoms with E-state index in [1.807, 2.05) is 81.1 Å². The molecule has 30 heavy (non-hydrogen) atoms. The third-order valence-corrected chi connectivity index (χ3v) is 6.60. The number of amides is 1. The molecule has 5 atom stereocenters. The number of nitrogens with zero attached hydrogens (tertiary/aromatic N) is 1. The molecule has 0 aliphatic carbocycles. The first kappa shape index (κ1) is 22.1. The molecule has 0 saturated heterocycles. The summed E-state index contributed by atoms with van der Waals surface area (Å²) in [5.74, 6) is 0.143. The van der Waals surface area contributed by atoms with Gasteiger partial charge in [-0.1, -0.05) is 71.0 Å². The van der Waals surface area contributed by atoms with Crippen LogP contribution in [0.15, 0.2) is 54.6 Å². The fourth-order valence-electron chi connectivity index (χ4n) is 4.29. The summed E-state index contributed by atoms with van der Waals surface area (Å²) in [6, 6.07) is 17.4. The number of ketones is 1. The summed E-state index contributed by atoms with van der Waals surface area (Å²) in [7, 11) is 0. The third kappa shape index (κ3) is 4.14. The van der Waals surface area contributed by atoms with E-state index in [1.165, 1.54) is 0 Å². The molecule has 0 fully saturated rings. The Morgan fingerprint density at radius 3 is 2.17 bits per heavy atom. The number of benzene rings is 2. The average molecular weight is 407 g/mol. The Morgan fingerprint density at radius 2 is 1.53 bits per heavy atom. The number of fused-ring (bicyclic) bond motifs is 1. The molecule has 0 aromatic heterocycles. The zero-order chi connectivity index (χ0) is 21.8. The van der Waals surface area contributed by atoms with Gasteiger partial charge in [0, 0.05) is 29.1 Å². The van der Waals surface area contributed by atoms with E-state index >= 15 is 0 Å². The molecular weight excluding hydrogens is 372 g/mol. The van der Waals surface area contributed by atoms with E-state index < -0.39 is 0 Å². The van der Waals surface area contributed by atoms with E-state index in [1.54, 1.807) is 0 Å². The van der Waals surface area contributed by atoms with Crippen molar-refractivity contribution >= 4 is 23.1 Å². The molecule has 0 spiro atoms. The highest BCUT2D eigenvalue weighted by Gasteiger charge is 2.43. The molecule has 1 N–H and O–H groups in total. The standard InChI is InChI=1S/C26H34N2O2/c1-6-17(3)25(29)23-19(5)24(21-15-11-12-16-22(21)27-23)28(26(30)18(4)7-2)20-13-9-8-10-14-20/h8-19,23-24,27H,6-7H2,1-5H3. The van der Waals surface area contributed by atoms with E-state index in [2.05, 4.69) is 18.3 Å². The fraction of sp³-hybridized carbons (Fsp3) is 0.462. The lowest BCUT2D eigenvalue weighted by Crippen LogP contribution is -2.51. The molecule has 3 rings (SSSR count). The Kier molecular flexibility index (Phi) is 6.96. The first-order valence-corrected chi connectivity index (χ1v) is 11.2. The van der Waals surface area contributed by atoms with Gasteiger partial charge in [-0.3, -0.25) is 9.59 Å². The van der Waals surface area contributed by atoms with E-state index in [4.69, 9.17) is 0 Å². The minimum Gasteiger partial charge on any atom is -0.375 e. The minimum atomic E-state index is -0.323. The summed E-state index contributed by atoms with van der Waals surface area (Å²) in [5.41, 5.74) is 2.89. The van der Waals surface area contributed by atoms with Gasteiger partial charge in [0.2, 0.25) is 5.91 Å². The van der Waals surface area contributed by atoms with Gasteiger partial charge in [-0.2, -0.15) is 0 Å². The van der Waals surface area contributed by atoms with E-state index in [9.17, 15) is 9.59 Å². The summed E-state index contributed by atoms with van der Waals surface area (Å²) >= 11 is 0. The van der Waals surface area contributed by atoms with Crippen molar-refractivity contribution in [1.29, 1.82) is 0 Å². The highest BCUT2D eigenvalue weighted by atomic mass is 16.2. The molecule has 0 bridgehead atoms. The highest BCUT2D eigenvalue weighted by Crippen LogP contribution is 2.43. The van der Waals surface area contributed by atoms with Gasteiger partial charge >= 0.3 is 0 Å². The van der Waals surface area contributed by atoms with Gasteiger partial charge in [-0.15, -0.1) is 0 Å². The predicted molar refractivity (Wildman–Crippen MR) is 124 cm³/mol. The van der Waals surface area contributed by atoms with Crippen molar-refractivity contribution in [2.45, 2.75) is 59.5 Å². The smallest absolute Gasteiger partial charge is 0.230 e. The van der Waals surface area contributed by atoms with Crippen molar-refractivity contribution < 1.29 is 9.59 Å². The maximum absolute atomic E-state index is 13.6. The normalized spacial score (nSPS) is 22.4. The zero-order valence-electron chi connectivity index (χ0n) is 18.8. The van der Waals surface area contributed by atoms with Crippen molar-refractivity contribution in [1.82, 2.24) is 0 Å². The molecular formula is C26H34N2O2. The van der Waals surface area contributed by atoms with E-state index in [0.717, 1.165) is 29.8 Å². The number of anilines is 2. The van der Waals surface area contributed by atoms with Crippen molar-refractivity contribution in [3.8, 4) is 0 Å². The van der Waals surface area contributed by atoms with Crippen LogP contribution < -0.4 is 10.2 Å². The summed E-state index contributed by atoms with van der Waals surface area (Å²) < 4.78 is 0. The number of nitrogens with one attached hydrogen (secondary N) is 1. The minimum absolute atomic E-state index is 0.0219. The lowest BCUT2D eigenvalue weighted by atomic mass is 9.78. The summed E-state index contributed by atoms with van der Waals surface area (Å²) in [5, 5.41) is 3.49. The SMILES string of the molecule is CCC(C)C(=O)C1Nc2ccccc2C(N(C(=O)C(C)CC)c2ccccc2)C1C. The lowest BCUT2D eigenvalue weighted by Gasteiger charge is -2.45. The second kappa shape index (κ2) is 9.46. The van der Waals surface area contributed by atoms with Crippen LogP contribution in [0.1, 0.15) is 59.1 Å². The second-order valence-electron chi connectivity index (χ2n) is 8.58. The van der Waals surface area contributed by atoms with Crippen LogP contribution in [0.4, 0.5) is 11.4 Å². The van der Waals surface area contributed by atoms with Gasteiger partial charge in [-0.05, 0) is 36.6 Å². The monoisotopic (exact) mass is 406 g/mol. The Balaban J connectivity index is 2.14. The quantitative estimate of drug-likeness (QED) is 0.627. The van der Waals surface area contributed by atoms with Crippen LogP contribution in [0.3, 0.4) is 0 Å². The van der Waals surface area contributed by atoms with Gasteiger partial charge in [-0.25, -0.2) is 0 Å². The van der Waals surface area contributed by atoms with Crippen LogP contribution in [0.2, 0.25) is 0 Å². The molecule has 4 nitrogen and oxygen atoms in total. The molecule has 0 radical (unpaired) electrons. The molecule has 1 aliphatic rings. The number of carbonyl (C=O) groups excluding carboxylic acids is 2. The number of rotatable bonds is 7. The highest BCUT2D eigenvalue weighted by molar-refractivity contribution is 5.97. The maximum Gasteiger partial charge on any atom is 0.230 e. The Bertz CT molecular complexity index is 880. The van der Waals surface area contributed by atoms with Gasteiger partial charge in [0.05, 0.1) is 12.1 Å². The van der Waals surface area contributed by atoms with E-state index in [-0.39, 0.29) is 41.5 Å². The molecule has 160 valence electrons. The van der Waals surface area contributed by atoms with Crippen molar-refractivity contribution in [2.24, 2.45) is 17.8 Å². The summed E-state index contributed by atoms with van der Waals surface area (Å²) in [6.45, 7) is 10.2. The predicted octanol–water partition coefficient (Wildman–Crippen LogP) is 5.85. The van der Waals surface area contributed by atoms with Crippen molar-refractivity contribution in [3.63, 3.8) is 0 Å². The number of carbonyl (C=O) groups is 2. The Morgan fingerprint density at radius 1 is 0.933 bits per heavy atom. The molecule has 4 heteroatoms. The second-order valence-corrected chi connectivity index (χ2v) is 8.58. The van der Waals surface area contributed by atoms with Crippen LogP contribution in [0.5, 0.6) is 0 Å². The van der Waals surface area contributed by atoms with Crippen molar-refractivity contribution in [3.05, 3.63) is 60.2 Å². The number of hydrogen-bond donors (Lipinski definition) is 1. The van der Waals surface area contributed by atoms with Gasteiger partial charge < -0.3 is 10.2 Å². The average Bonchev–Trinajstić information content (AvgIpc) is 2.79. The first-order valence-electron chi connectivity index (χ1n) is 11.2.